The quantitative estimate of drug-likeness (QED) is 0.584. The molecule has 3 rings (SSSR count). The van der Waals surface area contributed by atoms with Crippen LogP contribution in [0.2, 0.25) is 0 Å². The van der Waals surface area contributed by atoms with Crippen molar-refractivity contribution in [3.8, 4) is 11.5 Å². The lowest BCUT2D eigenvalue weighted by Gasteiger charge is -2.22. The van der Waals surface area contributed by atoms with E-state index < -0.39 is 30.2 Å². The van der Waals surface area contributed by atoms with Gasteiger partial charge in [0, 0.05) is 16.2 Å². The number of carbonyl (C=O) groups excluding carboxylic acids is 1. The summed E-state index contributed by atoms with van der Waals surface area (Å²) in [6, 6.07) is 8.31. The molecule has 1 amide bonds. The van der Waals surface area contributed by atoms with E-state index in [9.17, 15) is 32.3 Å². The number of ether oxygens (including phenoxy) is 2. The van der Waals surface area contributed by atoms with E-state index in [4.69, 9.17) is 4.74 Å². The van der Waals surface area contributed by atoms with Gasteiger partial charge in [-0.1, -0.05) is 12.1 Å². The fourth-order valence-corrected chi connectivity index (χ4v) is 3.72. The molecule has 0 fully saturated rings. The topological polar surface area (TPSA) is 84.9 Å². The van der Waals surface area contributed by atoms with E-state index in [1.54, 1.807) is 6.07 Å². The summed E-state index contributed by atoms with van der Waals surface area (Å²) in [4.78, 5) is 24.3. The van der Waals surface area contributed by atoms with E-state index in [1.165, 1.54) is 30.3 Å². The number of aromatic carboxylic acids is 1. The molecule has 0 atom stereocenters. The number of carbonyl (C=O) groups is 2. The maximum atomic E-state index is 13.3. The molecule has 0 saturated carbocycles. The number of carboxylic acid groups (broad SMARTS) is 1. The molecule has 0 radical (unpaired) electrons. The van der Waals surface area contributed by atoms with Crippen molar-refractivity contribution in [2.75, 3.05) is 18.2 Å². The number of rotatable bonds is 7. The Morgan fingerprint density at radius 1 is 1.19 bits per heavy atom. The molecule has 0 saturated heterocycles. The van der Waals surface area contributed by atoms with Crippen LogP contribution in [0.25, 0.3) is 6.08 Å². The van der Waals surface area contributed by atoms with Gasteiger partial charge in [0.15, 0.2) is 11.5 Å². The minimum absolute atomic E-state index is 0.0799. The zero-order valence-corrected chi connectivity index (χ0v) is 16.6. The molecule has 6 nitrogen and oxygen atoms in total. The highest BCUT2D eigenvalue weighted by Gasteiger charge is 2.44. The highest BCUT2D eigenvalue weighted by Crippen LogP contribution is 2.42. The molecule has 2 aromatic carbocycles. The summed E-state index contributed by atoms with van der Waals surface area (Å²) < 4.78 is 60.7. The Morgan fingerprint density at radius 2 is 1.90 bits per heavy atom. The zero-order valence-electron chi connectivity index (χ0n) is 15.8. The molecule has 0 spiro atoms. The summed E-state index contributed by atoms with van der Waals surface area (Å²) in [6.07, 6.45) is -7.24. The minimum atomic E-state index is -4.70. The van der Waals surface area contributed by atoms with E-state index >= 15 is 0 Å². The zero-order chi connectivity index (χ0) is 22.8. The number of fused-ring (bicyclic) bond motifs is 1. The maximum Gasteiger partial charge on any atom is 0.461 e. The van der Waals surface area contributed by atoms with E-state index in [0.717, 1.165) is 24.9 Å². The van der Waals surface area contributed by atoms with Gasteiger partial charge in [0.05, 0.1) is 18.4 Å². The normalized spacial score (nSPS) is 13.3. The Morgan fingerprint density at radius 3 is 2.55 bits per heavy atom. The Hall–Kier alpha value is -3.21. The Labute approximate surface area is 177 Å². The van der Waals surface area contributed by atoms with Crippen molar-refractivity contribution in [1.29, 1.82) is 0 Å². The fraction of sp³-hybridized carbons (Fsp3) is 0.200. The number of anilines is 1. The second kappa shape index (κ2) is 8.88. The SMILES string of the molecule is COc1cc2c(cc1OC(F)(F)C(F)F)SCC(C(=O)Nc1ccccc1C(=O)O)=C2. The Balaban J connectivity index is 1.88. The average molecular weight is 457 g/mol. The van der Waals surface area contributed by atoms with Crippen LogP contribution in [0.5, 0.6) is 11.5 Å². The lowest BCUT2D eigenvalue weighted by molar-refractivity contribution is -0.253. The number of hydrogen-bond acceptors (Lipinski definition) is 5. The minimum Gasteiger partial charge on any atom is -0.493 e. The predicted molar refractivity (Wildman–Crippen MR) is 105 cm³/mol. The van der Waals surface area contributed by atoms with Crippen LogP contribution in [0, 0.1) is 0 Å². The van der Waals surface area contributed by atoms with Crippen molar-refractivity contribution in [3.63, 3.8) is 0 Å². The van der Waals surface area contributed by atoms with Crippen LogP contribution in [0.1, 0.15) is 15.9 Å². The number of thioether (sulfide) groups is 1. The fourth-order valence-electron chi connectivity index (χ4n) is 2.72. The number of amides is 1. The van der Waals surface area contributed by atoms with Crippen molar-refractivity contribution in [3.05, 3.63) is 53.1 Å². The van der Waals surface area contributed by atoms with E-state index in [1.807, 2.05) is 0 Å². The number of halogens is 4. The van der Waals surface area contributed by atoms with Crippen LogP contribution in [0.3, 0.4) is 0 Å². The lowest BCUT2D eigenvalue weighted by Crippen LogP contribution is -2.33. The summed E-state index contributed by atoms with van der Waals surface area (Å²) >= 11 is 1.10. The van der Waals surface area contributed by atoms with Gasteiger partial charge in [0.25, 0.3) is 5.91 Å². The van der Waals surface area contributed by atoms with Crippen LogP contribution in [-0.2, 0) is 4.79 Å². The molecule has 0 unspecified atom stereocenters. The first-order valence-corrected chi connectivity index (χ1v) is 9.65. The monoisotopic (exact) mass is 457 g/mol. The molecule has 164 valence electrons. The summed E-state index contributed by atoms with van der Waals surface area (Å²) in [7, 11) is 1.16. The van der Waals surface area contributed by atoms with Gasteiger partial charge < -0.3 is 19.9 Å². The highest BCUT2D eigenvalue weighted by atomic mass is 32.2. The molecule has 31 heavy (non-hydrogen) atoms. The van der Waals surface area contributed by atoms with Gasteiger partial charge in [0.1, 0.15) is 0 Å². The van der Waals surface area contributed by atoms with Crippen molar-refractivity contribution < 1.29 is 41.7 Å². The lowest BCUT2D eigenvalue weighted by atomic mass is 10.1. The summed E-state index contributed by atoms with van der Waals surface area (Å²) in [5, 5.41) is 11.8. The number of carboxylic acids is 1. The highest BCUT2D eigenvalue weighted by molar-refractivity contribution is 7.99. The molecule has 1 heterocycles. The van der Waals surface area contributed by atoms with E-state index in [2.05, 4.69) is 10.1 Å². The summed E-state index contributed by atoms with van der Waals surface area (Å²) in [6.45, 7) is 0. The van der Waals surface area contributed by atoms with Crippen molar-refractivity contribution in [2.24, 2.45) is 0 Å². The smallest absolute Gasteiger partial charge is 0.461 e. The molecule has 1 aliphatic rings. The molecule has 2 N–H and O–H groups in total. The largest absolute Gasteiger partial charge is 0.493 e. The molecule has 2 aromatic rings. The average Bonchev–Trinajstić information content (AvgIpc) is 2.72. The third-order valence-corrected chi connectivity index (χ3v) is 5.33. The van der Waals surface area contributed by atoms with Gasteiger partial charge >= 0.3 is 18.5 Å². The number of benzene rings is 2. The standard InChI is InChI=1S/C20H15F4NO5S/c1-29-14-7-10-6-11(17(26)25-13-5-3-2-4-12(13)18(27)28)9-31-16(10)8-15(14)30-20(23,24)19(21)22/h2-8,19H,9H2,1H3,(H,25,26)(H,27,28). The summed E-state index contributed by atoms with van der Waals surface area (Å²) in [5.74, 6) is -2.39. The van der Waals surface area contributed by atoms with Crippen molar-refractivity contribution in [2.45, 2.75) is 17.4 Å². The number of methoxy groups -OCH3 is 1. The third kappa shape index (κ3) is 4.93. The second-order valence-corrected chi connectivity index (χ2v) is 7.29. The number of hydrogen-bond donors (Lipinski definition) is 2. The van der Waals surface area contributed by atoms with Gasteiger partial charge in [-0.2, -0.15) is 17.6 Å². The number of para-hydroxylation sites is 1. The van der Waals surface area contributed by atoms with Crippen LogP contribution < -0.4 is 14.8 Å². The van der Waals surface area contributed by atoms with Crippen LogP contribution >= 0.6 is 11.8 Å². The van der Waals surface area contributed by atoms with Crippen LogP contribution in [-0.4, -0.2) is 42.4 Å². The van der Waals surface area contributed by atoms with Crippen molar-refractivity contribution >= 4 is 35.4 Å². The van der Waals surface area contributed by atoms with Gasteiger partial charge in [0.2, 0.25) is 0 Å². The van der Waals surface area contributed by atoms with Gasteiger partial charge in [-0.05, 0) is 35.9 Å². The van der Waals surface area contributed by atoms with Gasteiger partial charge in [-0.3, -0.25) is 4.79 Å². The molecular weight excluding hydrogens is 442 g/mol. The number of nitrogens with one attached hydrogen (secondary N) is 1. The van der Waals surface area contributed by atoms with Crippen LogP contribution in [0.4, 0.5) is 23.2 Å². The van der Waals surface area contributed by atoms with E-state index in [0.29, 0.717) is 10.5 Å². The van der Waals surface area contributed by atoms with Crippen LogP contribution in [0.15, 0.2) is 46.9 Å². The first-order valence-electron chi connectivity index (χ1n) is 8.66. The predicted octanol–water partition coefficient (Wildman–Crippen LogP) is 4.76. The maximum absolute atomic E-state index is 13.3. The molecule has 1 aliphatic heterocycles. The van der Waals surface area contributed by atoms with Crippen molar-refractivity contribution in [1.82, 2.24) is 0 Å². The number of alkyl halides is 4. The molecule has 11 heteroatoms. The molecule has 0 aliphatic carbocycles. The Kier molecular flexibility index (Phi) is 6.44. The molecular formula is C20H15F4NO5S. The Bertz CT molecular complexity index is 1060. The first kappa shape index (κ1) is 22.5. The first-order chi connectivity index (χ1) is 14.6. The molecule has 0 bridgehead atoms. The van der Waals surface area contributed by atoms with Gasteiger partial charge in [-0.15, -0.1) is 11.8 Å². The third-order valence-electron chi connectivity index (χ3n) is 4.21. The molecule has 0 aromatic heterocycles. The second-order valence-electron chi connectivity index (χ2n) is 6.27. The van der Waals surface area contributed by atoms with E-state index in [-0.39, 0.29) is 28.3 Å². The van der Waals surface area contributed by atoms with Gasteiger partial charge in [-0.25, -0.2) is 4.79 Å². The summed E-state index contributed by atoms with van der Waals surface area (Å²) in [5.41, 5.74) is 0.750.